The number of nitrogens with zero attached hydrogens (tertiary/aromatic N) is 1. The van der Waals surface area contributed by atoms with Gasteiger partial charge in [-0.2, -0.15) is 0 Å². The molecule has 0 aliphatic carbocycles. The number of hydrogen-bond acceptors (Lipinski definition) is 6. The third-order valence-corrected chi connectivity index (χ3v) is 5.03. The molecule has 0 fully saturated rings. The summed E-state index contributed by atoms with van der Waals surface area (Å²) in [6, 6.07) is 3.17. The maximum atomic E-state index is 11.8. The van der Waals surface area contributed by atoms with Gasteiger partial charge in [-0.3, -0.25) is 0 Å². The van der Waals surface area contributed by atoms with E-state index in [0.717, 1.165) is 6.26 Å². The van der Waals surface area contributed by atoms with Gasteiger partial charge in [0.15, 0.2) is 9.84 Å². The number of aromatic nitrogens is 1. The SMILES string of the molecule is CSc1c(Cl)cc(-c2cnoc2N)cc1S(C)(=O)=O. The molecule has 0 spiro atoms. The molecule has 1 heterocycles. The van der Waals surface area contributed by atoms with E-state index in [2.05, 4.69) is 5.16 Å². The molecule has 2 rings (SSSR count). The smallest absolute Gasteiger partial charge is 0.229 e. The second-order valence-corrected chi connectivity index (χ2v) is 7.07. The number of anilines is 1. The number of nitrogens with two attached hydrogens (primary N) is 1. The maximum absolute atomic E-state index is 11.8. The van der Waals surface area contributed by atoms with E-state index in [1.165, 1.54) is 24.0 Å². The van der Waals surface area contributed by atoms with Gasteiger partial charge in [-0.05, 0) is 24.0 Å². The first-order valence-corrected chi connectivity index (χ1v) is 8.62. The van der Waals surface area contributed by atoms with Crippen LogP contribution in [0.25, 0.3) is 11.1 Å². The first-order valence-electron chi connectivity index (χ1n) is 5.12. The number of benzene rings is 1. The van der Waals surface area contributed by atoms with Crippen molar-refractivity contribution >= 4 is 39.1 Å². The van der Waals surface area contributed by atoms with Crippen LogP contribution in [0.4, 0.5) is 5.88 Å². The van der Waals surface area contributed by atoms with Crippen molar-refractivity contribution in [2.75, 3.05) is 18.2 Å². The van der Waals surface area contributed by atoms with Crippen LogP contribution in [0.1, 0.15) is 0 Å². The second kappa shape index (κ2) is 5.07. The fourth-order valence-electron chi connectivity index (χ4n) is 1.66. The molecule has 2 aromatic rings. The number of rotatable bonds is 3. The Bertz CT molecular complexity index is 726. The summed E-state index contributed by atoms with van der Waals surface area (Å²) >= 11 is 7.41. The van der Waals surface area contributed by atoms with Crippen molar-refractivity contribution < 1.29 is 12.9 Å². The number of hydrogen-bond donors (Lipinski definition) is 1. The van der Waals surface area contributed by atoms with Crippen LogP contribution < -0.4 is 5.73 Å². The van der Waals surface area contributed by atoms with E-state index in [4.69, 9.17) is 21.9 Å². The van der Waals surface area contributed by atoms with Crippen LogP contribution in [0.2, 0.25) is 5.02 Å². The highest BCUT2D eigenvalue weighted by Gasteiger charge is 2.19. The molecule has 0 radical (unpaired) electrons. The Hall–Kier alpha value is -1.18. The highest BCUT2D eigenvalue weighted by molar-refractivity contribution is 7.99. The summed E-state index contributed by atoms with van der Waals surface area (Å²) < 4.78 is 28.4. The zero-order chi connectivity index (χ0) is 14.2. The largest absolute Gasteiger partial charge is 0.367 e. The van der Waals surface area contributed by atoms with Crippen molar-refractivity contribution in [3.63, 3.8) is 0 Å². The highest BCUT2D eigenvalue weighted by Crippen LogP contribution is 2.37. The van der Waals surface area contributed by atoms with Crippen molar-refractivity contribution in [1.29, 1.82) is 0 Å². The van der Waals surface area contributed by atoms with Crippen molar-refractivity contribution in [2.45, 2.75) is 9.79 Å². The highest BCUT2D eigenvalue weighted by atomic mass is 35.5. The molecular formula is C11H11ClN2O3S2. The predicted octanol–water partition coefficient (Wildman–Crippen LogP) is 2.70. The second-order valence-electron chi connectivity index (χ2n) is 3.87. The fraction of sp³-hybridized carbons (Fsp3) is 0.182. The maximum Gasteiger partial charge on any atom is 0.229 e. The van der Waals surface area contributed by atoms with Gasteiger partial charge in [0.05, 0.1) is 21.7 Å². The van der Waals surface area contributed by atoms with Gasteiger partial charge in [0.25, 0.3) is 0 Å². The Morgan fingerprint density at radius 3 is 2.58 bits per heavy atom. The lowest BCUT2D eigenvalue weighted by Gasteiger charge is -2.10. The standard InChI is InChI=1S/C11H11ClN2O3S2/c1-18-10-8(12)3-6(4-9(10)19(2,15)16)7-5-14-17-11(7)13/h3-5H,13H2,1-2H3. The van der Waals surface area contributed by atoms with E-state index in [0.29, 0.717) is 21.0 Å². The molecule has 0 bridgehead atoms. The van der Waals surface area contributed by atoms with Gasteiger partial charge in [0, 0.05) is 11.2 Å². The van der Waals surface area contributed by atoms with Crippen LogP contribution in [0.15, 0.2) is 32.6 Å². The van der Waals surface area contributed by atoms with Gasteiger partial charge in [-0.25, -0.2) is 8.42 Å². The molecule has 5 nitrogen and oxygen atoms in total. The van der Waals surface area contributed by atoms with Crippen LogP contribution in [-0.4, -0.2) is 26.1 Å². The van der Waals surface area contributed by atoms with E-state index in [-0.39, 0.29) is 10.8 Å². The average Bonchev–Trinajstić information content (AvgIpc) is 2.73. The molecule has 8 heteroatoms. The summed E-state index contributed by atoms with van der Waals surface area (Å²) in [4.78, 5) is 0.686. The summed E-state index contributed by atoms with van der Waals surface area (Å²) in [6.45, 7) is 0. The van der Waals surface area contributed by atoms with Gasteiger partial charge >= 0.3 is 0 Å². The number of nitrogen functional groups attached to an aromatic ring is 1. The van der Waals surface area contributed by atoms with Crippen molar-refractivity contribution in [1.82, 2.24) is 5.16 Å². The third kappa shape index (κ3) is 2.72. The lowest BCUT2D eigenvalue weighted by Crippen LogP contribution is -2.00. The van der Waals surface area contributed by atoms with Crippen molar-refractivity contribution in [3.8, 4) is 11.1 Å². The summed E-state index contributed by atoms with van der Waals surface area (Å²) in [6.07, 6.45) is 4.33. The van der Waals surface area contributed by atoms with Gasteiger partial charge < -0.3 is 10.3 Å². The predicted molar refractivity (Wildman–Crippen MR) is 76.3 cm³/mol. The Morgan fingerprint density at radius 2 is 2.11 bits per heavy atom. The molecule has 2 N–H and O–H groups in total. The number of sulfone groups is 1. The Balaban J connectivity index is 2.75. The summed E-state index contributed by atoms with van der Waals surface area (Å²) in [5, 5.41) is 3.92. The summed E-state index contributed by atoms with van der Waals surface area (Å²) in [7, 11) is -3.39. The minimum atomic E-state index is -3.39. The Kier molecular flexibility index (Phi) is 3.80. The van der Waals surface area contributed by atoms with E-state index in [9.17, 15) is 8.42 Å². The Morgan fingerprint density at radius 1 is 1.42 bits per heavy atom. The number of thioether (sulfide) groups is 1. The minimum absolute atomic E-state index is 0.118. The average molecular weight is 319 g/mol. The molecule has 0 saturated carbocycles. The van der Waals surface area contributed by atoms with Crippen LogP contribution >= 0.6 is 23.4 Å². The van der Waals surface area contributed by atoms with Crippen LogP contribution in [0.3, 0.4) is 0 Å². The van der Waals surface area contributed by atoms with Gasteiger partial charge in [0.1, 0.15) is 0 Å². The first-order chi connectivity index (χ1) is 8.84. The van der Waals surface area contributed by atoms with E-state index in [1.807, 2.05) is 0 Å². The normalized spacial score (nSPS) is 11.7. The summed E-state index contributed by atoms with van der Waals surface area (Å²) in [5.74, 6) is 0.118. The van der Waals surface area contributed by atoms with Gasteiger partial charge in [0.2, 0.25) is 5.88 Å². The van der Waals surface area contributed by atoms with Crippen LogP contribution in [0.5, 0.6) is 0 Å². The van der Waals surface area contributed by atoms with Crippen LogP contribution in [0, 0.1) is 0 Å². The number of halogens is 1. The van der Waals surface area contributed by atoms with Gasteiger partial charge in [-0.1, -0.05) is 16.8 Å². The molecule has 0 amide bonds. The van der Waals surface area contributed by atoms with E-state index < -0.39 is 9.84 Å². The lowest BCUT2D eigenvalue weighted by molar-refractivity contribution is 0.436. The molecule has 0 saturated heterocycles. The lowest BCUT2D eigenvalue weighted by atomic mass is 10.1. The van der Waals surface area contributed by atoms with Gasteiger partial charge in [-0.15, -0.1) is 11.8 Å². The Labute approximate surface area is 120 Å². The fourth-order valence-corrected chi connectivity index (χ4v) is 4.18. The first kappa shape index (κ1) is 14.2. The minimum Gasteiger partial charge on any atom is -0.367 e. The summed E-state index contributed by atoms with van der Waals surface area (Å²) in [5.41, 5.74) is 6.70. The molecule has 1 aromatic heterocycles. The molecule has 102 valence electrons. The zero-order valence-electron chi connectivity index (χ0n) is 10.2. The molecule has 0 unspecified atom stereocenters. The molecule has 0 atom stereocenters. The van der Waals surface area contributed by atoms with Crippen molar-refractivity contribution in [3.05, 3.63) is 23.4 Å². The topological polar surface area (TPSA) is 86.2 Å². The van der Waals surface area contributed by atoms with E-state index in [1.54, 1.807) is 12.3 Å². The van der Waals surface area contributed by atoms with E-state index >= 15 is 0 Å². The quantitative estimate of drug-likeness (QED) is 0.876. The van der Waals surface area contributed by atoms with Crippen molar-refractivity contribution in [2.24, 2.45) is 0 Å². The third-order valence-electron chi connectivity index (χ3n) is 2.52. The molecule has 0 aliphatic rings. The molecule has 1 aromatic carbocycles. The zero-order valence-corrected chi connectivity index (χ0v) is 12.6. The molecular weight excluding hydrogens is 308 g/mol. The molecule has 0 aliphatic heterocycles. The molecule has 19 heavy (non-hydrogen) atoms. The van der Waals surface area contributed by atoms with Crippen LogP contribution in [-0.2, 0) is 9.84 Å². The monoisotopic (exact) mass is 318 g/mol.